The van der Waals surface area contributed by atoms with E-state index in [1.165, 1.54) is 11.3 Å². The highest BCUT2D eigenvalue weighted by Gasteiger charge is 2.24. The minimum Gasteiger partial charge on any atom is -0.326 e. The molecule has 0 atom stereocenters. The summed E-state index contributed by atoms with van der Waals surface area (Å²) in [4.78, 5) is 23.4. The lowest BCUT2D eigenvalue weighted by Crippen LogP contribution is -2.14. The lowest BCUT2D eigenvalue weighted by Gasteiger charge is -2.17. The van der Waals surface area contributed by atoms with Crippen LogP contribution in [0.1, 0.15) is 24.3 Å². The van der Waals surface area contributed by atoms with Crippen molar-refractivity contribution in [3.8, 4) is 16.4 Å². The summed E-state index contributed by atoms with van der Waals surface area (Å²) in [6, 6.07) is 22.5. The molecule has 0 aliphatic carbocycles. The summed E-state index contributed by atoms with van der Waals surface area (Å²) in [5.74, 6) is -0.178. The quantitative estimate of drug-likeness (QED) is 0.157. The highest BCUT2D eigenvalue weighted by Crippen LogP contribution is 2.51. The van der Waals surface area contributed by atoms with E-state index in [9.17, 15) is 9.36 Å². The van der Waals surface area contributed by atoms with Crippen LogP contribution >= 0.6 is 30.5 Å². The van der Waals surface area contributed by atoms with Gasteiger partial charge in [-0.05, 0) is 55.8 Å². The molecule has 8 nitrogen and oxygen atoms in total. The zero-order valence-corrected chi connectivity index (χ0v) is 24.5. The summed E-state index contributed by atoms with van der Waals surface area (Å²) < 4.78 is 25.6. The number of fused-ring (bicyclic) bond motifs is 1. The second-order valence-electron chi connectivity index (χ2n) is 8.90. The highest BCUT2D eigenvalue weighted by atomic mass is 35.5. The Hall–Kier alpha value is -3.33. The van der Waals surface area contributed by atoms with Crippen LogP contribution in [0.2, 0.25) is 5.02 Å². The first-order chi connectivity index (χ1) is 19.4. The number of carbonyl (C=O) groups excluding carboxylic acids is 1. The number of carbonyl (C=O) groups is 1. The van der Waals surface area contributed by atoms with Gasteiger partial charge in [0.15, 0.2) is 5.13 Å². The average molecular weight is 595 g/mol. The smallest absolute Gasteiger partial charge is 0.326 e. The van der Waals surface area contributed by atoms with E-state index in [0.717, 1.165) is 37.9 Å². The molecule has 206 valence electrons. The van der Waals surface area contributed by atoms with Crippen LogP contribution in [0.25, 0.3) is 27.4 Å². The number of benzene rings is 3. The van der Waals surface area contributed by atoms with E-state index < -0.39 is 7.60 Å². The van der Waals surface area contributed by atoms with Crippen molar-refractivity contribution in [3.63, 3.8) is 0 Å². The molecule has 11 heteroatoms. The van der Waals surface area contributed by atoms with Crippen LogP contribution in [0.15, 0.2) is 79.1 Å². The van der Waals surface area contributed by atoms with Crippen LogP contribution in [0.5, 0.6) is 0 Å². The van der Waals surface area contributed by atoms with Gasteiger partial charge in [-0.1, -0.05) is 48.0 Å². The van der Waals surface area contributed by atoms with Gasteiger partial charge in [-0.3, -0.25) is 13.9 Å². The van der Waals surface area contributed by atoms with Gasteiger partial charge in [-0.25, -0.2) is 9.97 Å². The van der Waals surface area contributed by atoms with E-state index in [2.05, 4.69) is 10.3 Å². The molecule has 1 N–H and O–H groups in total. The Bertz CT molecular complexity index is 1660. The minimum atomic E-state index is -3.21. The molecule has 2 aromatic heterocycles. The lowest BCUT2D eigenvalue weighted by atomic mass is 10.1. The zero-order valence-electron chi connectivity index (χ0n) is 22.0. The van der Waals surface area contributed by atoms with Crippen molar-refractivity contribution < 1.29 is 18.4 Å². The zero-order chi connectivity index (χ0) is 28.1. The third kappa shape index (κ3) is 6.52. The molecular formula is C29H28ClN4O4PS. The Morgan fingerprint density at radius 3 is 2.40 bits per heavy atom. The SMILES string of the molecule is CCOP(=O)(Cc1ccc(NC(=O)Cc2sc(-n3cnc4ccccc43)nc2-c2ccc(Cl)cc2)cc1)OCC. The highest BCUT2D eigenvalue weighted by molar-refractivity contribution is 7.53. The number of anilines is 1. The number of amides is 1. The van der Waals surface area contributed by atoms with Crippen molar-refractivity contribution in [3.05, 3.63) is 94.6 Å². The van der Waals surface area contributed by atoms with Crippen molar-refractivity contribution >= 4 is 53.2 Å². The van der Waals surface area contributed by atoms with Gasteiger partial charge in [-0.15, -0.1) is 11.3 Å². The van der Waals surface area contributed by atoms with Crippen LogP contribution in [-0.4, -0.2) is 33.7 Å². The molecule has 0 unspecified atom stereocenters. The summed E-state index contributed by atoms with van der Waals surface area (Å²) in [5, 5.41) is 4.31. The van der Waals surface area contributed by atoms with Crippen molar-refractivity contribution in [2.24, 2.45) is 0 Å². The Morgan fingerprint density at radius 1 is 1.00 bits per heavy atom. The molecule has 0 bridgehead atoms. The predicted molar refractivity (Wildman–Crippen MR) is 161 cm³/mol. The van der Waals surface area contributed by atoms with Gasteiger partial charge in [0.25, 0.3) is 0 Å². The fraction of sp³-hybridized carbons (Fsp3) is 0.207. The summed E-state index contributed by atoms with van der Waals surface area (Å²) in [5.41, 5.74) is 4.84. The maximum Gasteiger partial charge on any atom is 0.335 e. The molecule has 0 saturated heterocycles. The van der Waals surface area contributed by atoms with E-state index in [1.54, 1.807) is 32.3 Å². The van der Waals surface area contributed by atoms with E-state index in [4.69, 9.17) is 25.6 Å². The monoisotopic (exact) mass is 594 g/mol. The molecule has 0 aliphatic rings. The number of para-hydroxylation sites is 2. The van der Waals surface area contributed by atoms with Crippen LogP contribution in [0.3, 0.4) is 0 Å². The third-order valence-corrected chi connectivity index (χ3v) is 9.41. The van der Waals surface area contributed by atoms with Gasteiger partial charge in [0.05, 0.1) is 42.5 Å². The van der Waals surface area contributed by atoms with E-state index in [-0.39, 0.29) is 18.5 Å². The molecule has 5 rings (SSSR count). The maximum atomic E-state index is 13.2. The van der Waals surface area contributed by atoms with Gasteiger partial charge in [-0.2, -0.15) is 0 Å². The summed E-state index contributed by atoms with van der Waals surface area (Å²) in [7, 11) is -3.21. The van der Waals surface area contributed by atoms with Crippen LogP contribution in [-0.2, 0) is 31.0 Å². The Labute approximate surface area is 241 Å². The largest absolute Gasteiger partial charge is 0.335 e. The van der Waals surface area contributed by atoms with Crippen molar-refractivity contribution in [1.82, 2.24) is 14.5 Å². The van der Waals surface area contributed by atoms with Crippen molar-refractivity contribution in [1.29, 1.82) is 0 Å². The van der Waals surface area contributed by atoms with Crippen molar-refractivity contribution in [2.75, 3.05) is 18.5 Å². The number of hydrogen-bond donors (Lipinski definition) is 1. The maximum absolute atomic E-state index is 13.2. The standard InChI is InChI=1S/C29H28ClN4O4PS/c1-3-37-39(36,38-4-2)18-20-9-15-23(16-10-20)32-27(35)17-26-28(21-11-13-22(30)14-12-21)33-29(40-26)34-19-31-24-7-5-6-8-25(24)34/h5-16,19H,3-4,17-18H2,1-2H3,(H,32,35). The Balaban J connectivity index is 1.36. The molecule has 3 aromatic carbocycles. The Morgan fingerprint density at radius 2 is 1.70 bits per heavy atom. The summed E-state index contributed by atoms with van der Waals surface area (Å²) >= 11 is 7.57. The van der Waals surface area contributed by atoms with Gasteiger partial charge < -0.3 is 14.4 Å². The topological polar surface area (TPSA) is 95.3 Å². The second-order valence-corrected chi connectivity index (χ2v) is 12.5. The van der Waals surface area contributed by atoms with E-state index in [0.29, 0.717) is 23.9 Å². The van der Waals surface area contributed by atoms with Gasteiger partial charge >= 0.3 is 7.60 Å². The predicted octanol–water partition coefficient (Wildman–Crippen LogP) is 7.75. The average Bonchev–Trinajstić information content (AvgIpc) is 3.55. The van der Waals surface area contributed by atoms with Crippen LogP contribution in [0.4, 0.5) is 5.69 Å². The number of nitrogens with one attached hydrogen (secondary N) is 1. The molecule has 2 heterocycles. The number of thiazole rings is 1. The number of hydrogen-bond acceptors (Lipinski definition) is 7. The minimum absolute atomic E-state index is 0.133. The van der Waals surface area contributed by atoms with Gasteiger partial charge in [0.2, 0.25) is 5.91 Å². The summed E-state index contributed by atoms with van der Waals surface area (Å²) in [6.45, 7) is 4.18. The second kappa shape index (κ2) is 12.5. The first-order valence-electron chi connectivity index (χ1n) is 12.8. The van der Waals surface area contributed by atoms with Gasteiger partial charge in [0, 0.05) is 21.2 Å². The van der Waals surface area contributed by atoms with E-state index >= 15 is 0 Å². The Kier molecular flexibility index (Phi) is 8.78. The molecule has 40 heavy (non-hydrogen) atoms. The fourth-order valence-electron chi connectivity index (χ4n) is 4.30. The number of nitrogens with zero attached hydrogens (tertiary/aromatic N) is 3. The van der Waals surface area contributed by atoms with E-state index in [1.807, 2.05) is 65.2 Å². The molecule has 0 saturated carbocycles. The molecule has 0 radical (unpaired) electrons. The number of halogens is 1. The van der Waals surface area contributed by atoms with Gasteiger partial charge in [0.1, 0.15) is 6.33 Å². The fourth-order valence-corrected chi connectivity index (χ4v) is 7.19. The first-order valence-corrected chi connectivity index (χ1v) is 15.7. The van der Waals surface area contributed by atoms with Crippen LogP contribution in [0, 0.1) is 0 Å². The molecule has 1 amide bonds. The number of rotatable bonds is 11. The molecular weight excluding hydrogens is 567 g/mol. The summed E-state index contributed by atoms with van der Waals surface area (Å²) in [6.07, 6.45) is 2.05. The number of aromatic nitrogens is 3. The molecule has 0 fully saturated rings. The van der Waals surface area contributed by atoms with Crippen LogP contribution < -0.4 is 5.32 Å². The molecule has 0 aliphatic heterocycles. The molecule has 0 spiro atoms. The number of imidazole rings is 1. The third-order valence-electron chi connectivity index (χ3n) is 6.05. The lowest BCUT2D eigenvalue weighted by molar-refractivity contribution is -0.115. The van der Waals surface area contributed by atoms with Crippen molar-refractivity contribution in [2.45, 2.75) is 26.4 Å². The first kappa shape index (κ1) is 28.2. The molecule has 5 aromatic rings. The normalized spacial score (nSPS) is 11.7.